The Bertz CT molecular complexity index is 280. The van der Waals surface area contributed by atoms with Gasteiger partial charge in [0.25, 0.3) is 0 Å². The third kappa shape index (κ3) is 4.52. The van der Waals surface area contributed by atoms with Crippen LogP contribution >= 0.6 is 11.8 Å². The number of halogens is 2. The minimum Gasteiger partial charge on any atom is -0.315 e. The van der Waals surface area contributed by atoms with Crippen molar-refractivity contribution in [3.63, 3.8) is 0 Å². The van der Waals surface area contributed by atoms with E-state index >= 15 is 0 Å². The predicted molar refractivity (Wildman–Crippen MR) is 53.1 cm³/mol. The van der Waals surface area contributed by atoms with Crippen LogP contribution in [0.1, 0.15) is 6.92 Å². The van der Waals surface area contributed by atoms with Crippen LogP contribution in [-0.4, -0.2) is 45.5 Å². The van der Waals surface area contributed by atoms with Crippen LogP contribution in [0.3, 0.4) is 0 Å². The molecule has 0 amide bonds. The Hall–Kier alpha value is -0.760. The average molecular weight is 237 g/mol. The standard InChI is InChI=1S/C7H13F2N5S/c1-2-10-3-4-14-7(11-12-13-14)15-5-6(8)9/h6,10H,2-5H2,1H3. The highest BCUT2D eigenvalue weighted by molar-refractivity contribution is 7.99. The first kappa shape index (κ1) is 12.3. The van der Waals surface area contributed by atoms with Crippen LogP contribution in [-0.2, 0) is 6.54 Å². The molecule has 0 aliphatic heterocycles. The minimum atomic E-state index is -2.34. The summed E-state index contributed by atoms with van der Waals surface area (Å²) >= 11 is 0.969. The topological polar surface area (TPSA) is 55.6 Å². The van der Waals surface area contributed by atoms with E-state index in [4.69, 9.17) is 0 Å². The van der Waals surface area contributed by atoms with Crippen molar-refractivity contribution in [3.8, 4) is 0 Å². The Morgan fingerprint density at radius 2 is 2.33 bits per heavy atom. The normalized spacial score (nSPS) is 11.2. The van der Waals surface area contributed by atoms with Gasteiger partial charge in [0.15, 0.2) is 0 Å². The lowest BCUT2D eigenvalue weighted by Gasteiger charge is -2.03. The van der Waals surface area contributed by atoms with Crippen molar-refractivity contribution in [2.45, 2.75) is 25.1 Å². The lowest BCUT2D eigenvalue weighted by Crippen LogP contribution is -2.20. The van der Waals surface area contributed by atoms with Crippen LogP contribution in [0.5, 0.6) is 0 Å². The number of hydrogen-bond donors (Lipinski definition) is 1. The molecule has 0 radical (unpaired) electrons. The molecular formula is C7H13F2N5S. The molecular weight excluding hydrogens is 224 g/mol. The SMILES string of the molecule is CCNCCn1nnnc1SCC(F)F. The first-order valence-corrected chi connectivity index (χ1v) is 5.60. The first-order chi connectivity index (χ1) is 7.24. The molecule has 0 aliphatic carbocycles. The van der Waals surface area contributed by atoms with Gasteiger partial charge in [-0.05, 0) is 17.0 Å². The van der Waals surface area contributed by atoms with E-state index in [2.05, 4.69) is 20.8 Å². The smallest absolute Gasteiger partial charge is 0.248 e. The van der Waals surface area contributed by atoms with Crippen molar-refractivity contribution in [3.05, 3.63) is 0 Å². The number of hydrogen-bond acceptors (Lipinski definition) is 5. The summed E-state index contributed by atoms with van der Waals surface area (Å²) in [4.78, 5) is 0. The Kier molecular flexibility index (Phi) is 5.48. The average Bonchev–Trinajstić information content (AvgIpc) is 2.63. The molecule has 1 heterocycles. The highest BCUT2D eigenvalue weighted by Crippen LogP contribution is 2.16. The fourth-order valence-corrected chi connectivity index (χ4v) is 1.59. The Morgan fingerprint density at radius 1 is 1.53 bits per heavy atom. The lowest BCUT2D eigenvalue weighted by molar-refractivity contribution is 0.176. The van der Waals surface area contributed by atoms with Crippen molar-refractivity contribution < 1.29 is 8.78 Å². The Balaban J connectivity index is 2.39. The number of tetrazole rings is 1. The molecule has 15 heavy (non-hydrogen) atoms. The summed E-state index contributed by atoms with van der Waals surface area (Å²) in [6, 6.07) is 0. The number of nitrogens with zero attached hydrogens (tertiary/aromatic N) is 4. The van der Waals surface area contributed by atoms with Crippen molar-refractivity contribution in [2.24, 2.45) is 0 Å². The molecule has 1 N–H and O–H groups in total. The lowest BCUT2D eigenvalue weighted by atomic mass is 10.6. The number of rotatable bonds is 7. The molecule has 1 rings (SSSR count). The zero-order chi connectivity index (χ0) is 11.1. The summed E-state index contributed by atoms with van der Waals surface area (Å²) in [6.45, 7) is 4.17. The van der Waals surface area contributed by atoms with E-state index in [-0.39, 0.29) is 5.75 Å². The third-order valence-electron chi connectivity index (χ3n) is 1.59. The number of aromatic nitrogens is 4. The molecule has 5 nitrogen and oxygen atoms in total. The highest BCUT2D eigenvalue weighted by atomic mass is 32.2. The highest BCUT2D eigenvalue weighted by Gasteiger charge is 2.10. The van der Waals surface area contributed by atoms with E-state index in [0.717, 1.165) is 24.9 Å². The van der Waals surface area contributed by atoms with Crippen molar-refractivity contribution in [1.29, 1.82) is 0 Å². The Morgan fingerprint density at radius 3 is 3.00 bits per heavy atom. The summed E-state index contributed by atoms with van der Waals surface area (Å²) < 4.78 is 25.4. The van der Waals surface area contributed by atoms with E-state index in [9.17, 15) is 8.78 Å². The van der Waals surface area contributed by atoms with Crippen LogP contribution in [0.25, 0.3) is 0 Å². The Labute approximate surface area is 90.6 Å². The van der Waals surface area contributed by atoms with Gasteiger partial charge in [0.05, 0.1) is 12.3 Å². The molecule has 0 aliphatic rings. The van der Waals surface area contributed by atoms with E-state index in [1.165, 1.54) is 4.68 Å². The van der Waals surface area contributed by atoms with Gasteiger partial charge in [0, 0.05) is 6.54 Å². The van der Waals surface area contributed by atoms with Crippen LogP contribution in [0, 0.1) is 0 Å². The van der Waals surface area contributed by atoms with Gasteiger partial charge in [-0.1, -0.05) is 18.7 Å². The maximum Gasteiger partial charge on any atom is 0.248 e. The van der Waals surface area contributed by atoms with Gasteiger partial charge in [0.2, 0.25) is 11.6 Å². The second-order valence-corrected chi connectivity index (χ2v) is 3.73. The molecule has 1 aromatic rings. The van der Waals surface area contributed by atoms with Crippen LogP contribution in [0.4, 0.5) is 8.78 Å². The molecule has 0 atom stereocenters. The maximum absolute atomic E-state index is 12.0. The largest absolute Gasteiger partial charge is 0.315 e. The number of alkyl halides is 2. The molecule has 0 saturated heterocycles. The number of likely N-dealkylation sites (N-methyl/N-ethyl adjacent to an activating group) is 1. The van der Waals surface area contributed by atoms with Gasteiger partial charge in [0.1, 0.15) is 0 Å². The molecule has 0 aromatic carbocycles. The van der Waals surface area contributed by atoms with Crippen LogP contribution in [0.15, 0.2) is 5.16 Å². The minimum absolute atomic E-state index is 0.276. The van der Waals surface area contributed by atoms with E-state index in [1.807, 2.05) is 6.92 Å². The van der Waals surface area contributed by atoms with Gasteiger partial charge < -0.3 is 5.32 Å². The second-order valence-electron chi connectivity index (χ2n) is 2.74. The molecule has 1 aromatic heterocycles. The van der Waals surface area contributed by atoms with Gasteiger partial charge in [-0.25, -0.2) is 13.5 Å². The van der Waals surface area contributed by atoms with E-state index in [0.29, 0.717) is 11.7 Å². The molecule has 86 valence electrons. The zero-order valence-corrected chi connectivity index (χ0v) is 9.18. The van der Waals surface area contributed by atoms with Gasteiger partial charge in [-0.2, -0.15) is 0 Å². The summed E-state index contributed by atoms with van der Waals surface area (Å²) in [5.74, 6) is -0.276. The fourth-order valence-electron chi connectivity index (χ4n) is 0.939. The molecule has 8 heteroatoms. The van der Waals surface area contributed by atoms with E-state index < -0.39 is 6.43 Å². The molecule has 0 saturated carbocycles. The van der Waals surface area contributed by atoms with Crippen molar-refractivity contribution in [2.75, 3.05) is 18.8 Å². The molecule has 0 bridgehead atoms. The first-order valence-electron chi connectivity index (χ1n) is 4.62. The van der Waals surface area contributed by atoms with Gasteiger partial charge in [-0.15, -0.1) is 5.10 Å². The van der Waals surface area contributed by atoms with Gasteiger partial charge in [-0.3, -0.25) is 0 Å². The predicted octanol–water partition coefficient (Wildman–Crippen LogP) is 0.640. The summed E-state index contributed by atoms with van der Waals surface area (Å²) in [5, 5.41) is 14.4. The molecule has 0 fully saturated rings. The van der Waals surface area contributed by atoms with Crippen molar-refractivity contribution in [1.82, 2.24) is 25.5 Å². The van der Waals surface area contributed by atoms with Crippen LogP contribution < -0.4 is 5.32 Å². The maximum atomic E-state index is 12.0. The van der Waals surface area contributed by atoms with Gasteiger partial charge >= 0.3 is 0 Å². The third-order valence-corrected chi connectivity index (χ3v) is 2.56. The fraction of sp³-hybridized carbons (Fsp3) is 0.857. The monoisotopic (exact) mass is 237 g/mol. The van der Waals surface area contributed by atoms with E-state index in [1.54, 1.807) is 0 Å². The summed E-state index contributed by atoms with van der Waals surface area (Å²) in [5.41, 5.74) is 0. The number of thioether (sulfide) groups is 1. The molecule has 0 spiro atoms. The number of nitrogens with one attached hydrogen (secondary N) is 1. The zero-order valence-electron chi connectivity index (χ0n) is 8.36. The quantitative estimate of drug-likeness (QED) is 0.557. The second kappa shape index (κ2) is 6.67. The molecule has 0 unspecified atom stereocenters. The summed E-state index contributed by atoms with van der Waals surface area (Å²) in [6.07, 6.45) is -2.34. The summed E-state index contributed by atoms with van der Waals surface area (Å²) in [7, 11) is 0. The van der Waals surface area contributed by atoms with Crippen molar-refractivity contribution >= 4 is 11.8 Å². The van der Waals surface area contributed by atoms with Crippen LogP contribution in [0.2, 0.25) is 0 Å².